The van der Waals surface area contributed by atoms with Crippen LogP contribution in [-0.2, 0) is 11.2 Å². The fourth-order valence-electron chi connectivity index (χ4n) is 5.81. The average Bonchev–Trinajstić information content (AvgIpc) is 2.78. The summed E-state index contributed by atoms with van der Waals surface area (Å²) < 4.78 is 5.37. The number of ketones is 1. The molecule has 1 aromatic heterocycles. The summed E-state index contributed by atoms with van der Waals surface area (Å²) in [7, 11) is 0. The van der Waals surface area contributed by atoms with Crippen molar-refractivity contribution < 1.29 is 9.21 Å². The molecule has 4 fully saturated rings. The molecule has 2 nitrogen and oxygen atoms in total. The maximum atomic E-state index is 12.8. The first-order valence-electron chi connectivity index (χ1n) is 7.63. The molecule has 2 unspecified atom stereocenters. The Morgan fingerprint density at radius 3 is 2.63 bits per heavy atom. The van der Waals surface area contributed by atoms with Gasteiger partial charge in [-0.3, -0.25) is 4.79 Å². The van der Waals surface area contributed by atoms with Crippen LogP contribution in [0, 0.1) is 22.7 Å². The number of hydrogen-bond acceptors (Lipinski definition) is 2. The van der Waals surface area contributed by atoms with E-state index in [1.165, 1.54) is 19.3 Å². The number of carbonyl (C=O) groups is 1. The van der Waals surface area contributed by atoms with Gasteiger partial charge >= 0.3 is 0 Å². The third-order valence-electron chi connectivity index (χ3n) is 5.86. The fourth-order valence-corrected chi connectivity index (χ4v) is 5.81. The Morgan fingerprint density at radius 2 is 2.05 bits per heavy atom. The second kappa shape index (κ2) is 3.74. The number of Topliss-reactive ketones (excluding diaryl/α,β-unsaturated/α-hetero) is 1. The summed E-state index contributed by atoms with van der Waals surface area (Å²) in [5, 5.41) is 0. The van der Waals surface area contributed by atoms with Gasteiger partial charge in [0.15, 0.2) is 0 Å². The van der Waals surface area contributed by atoms with Crippen molar-refractivity contribution in [2.75, 3.05) is 0 Å². The van der Waals surface area contributed by atoms with Crippen LogP contribution >= 0.6 is 0 Å². The van der Waals surface area contributed by atoms with E-state index < -0.39 is 0 Å². The molecule has 1 aromatic rings. The first-order valence-corrected chi connectivity index (χ1v) is 7.63. The van der Waals surface area contributed by atoms with E-state index in [0.29, 0.717) is 17.6 Å². The molecule has 0 spiro atoms. The Kier molecular flexibility index (Phi) is 2.31. The average molecular weight is 258 g/mol. The molecule has 4 aliphatic carbocycles. The van der Waals surface area contributed by atoms with Crippen molar-refractivity contribution in [3.8, 4) is 0 Å². The molecule has 0 saturated heterocycles. The molecule has 0 N–H and O–H groups in total. The SMILES string of the molecule is CC12CC3CC(C1)CC(C(=O)Cc1ccco1)(C3)C2. The van der Waals surface area contributed by atoms with Crippen LogP contribution in [0.3, 0.4) is 0 Å². The molecule has 4 bridgehead atoms. The Bertz CT molecular complexity index is 485. The molecule has 19 heavy (non-hydrogen) atoms. The molecule has 0 radical (unpaired) electrons. The summed E-state index contributed by atoms with van der Waals surface area (Å²) in [6.07, 6.45) is 9.71. The Balaban J connectivity index is 1.61. The number of carbonyl (C=O) groups excluding carboxylic acids is 1. The highest BCUT2D eigenvalue weighted by Gasteiger charge is 2.58. The lowest BCUT2D eigenvalue weighted by Gasteiger charge is -2.60. The van der Waals surface area contributed by atoms with Crippen LogP contribution in [0.4, 0.5) is 0 Å². The van der Waals surface area contributed by atoms with Crippen molar-refractivity contribution in [3.05, 3.63) is 24.2 Å². The van der Waals surface area contributed by atoms with Crippen molar-refractivity contribution in [2.45, 2.75) is 51.9 Å². The maximum Gasteiger partial charge on any atom is 0.146 e. The van der Waals surface area contributed by atoms with E-state index in [0.717, 1.165) is 36.9 Å². The van der Waals surface area contributed by atoms with Gasteiger partial charge in [0.1, 0.15) is 11.5 Å². The molecule has 2 heteroatoms. The van der Waals surface area contributed by atoms with Crippen LogP contribution < -0.4 is 0 Å². The van der Waals surface area contributed by atoms with Crippen molar-refractivity contribution in [2.24, 2.45) is 22.7 Å². The van der Waals surface area contributed by atoms with Gasteiger partial charge in [0.25, 0.3) is 0 Å². The quantitative estimate of drug-likeness (QED) is 0.820. The van der Waals surface area contributed by atoms with Gasteiger partial charge in [-0.15, -0.1) is 0 Å². The van der Waals surface area contributed by atoms with E-state index >= 15 is 0 Å². The first kappa shape index (κ1) is 11.7. The standard InChI is InChI=1S/C17H22O2/c1-16-7-12-5-13(8-16)10-17(9-12,11-16)15(18)6-14-3-2-4-19-14/h2-4,12-13H,5-11H2,1H3. The van der Waals surface area contributed by atoms with Gasteiger partial charge in [-0.2, -0.15) is 0 Å². The van der Waals surface area contributed by atoms with Crippen molar-refractivity contribution in [1.82, 2.24) is 0 Å². The van der Waals surface area contributed by atoms with Crippen LogP contribution in [0.5, 0.6) is 0 Å². The second-order valence-corrected chi connectivity index (χ2v) is 7.73. The molecule has 102 valence electrons. The lowest BCUT2D eigenvalue weighted by Crippen LogP contribution is -2.54. The van der Waals surface area contributed by atoms with Crippen LogP contribution in [0.15, 0.2) is 22.8 Å². The van der Waals surface area contributed by atoms with Gasteiger partial charge in [0, 0.05) is 5.41 Å². The molecule has 0 aromatic carbocycles. The fraction of sp³-hybridized carbons (Fsp3) is 0.706. The molecular formula is C17H22O2. The molecule has 4 saturated carbocycles. The normalized spacial score (nSPS) is 43.6. The summed E-state index contributed by atoms with van der Waals surface area (Å²) in [6.45, 7) is 2.42. The molecule has 0 amide bonds. The molecular weight excluding hydrogens is 236 g/mol. The highest BCUT2D eigenvalue weighted by atomic mass is 16.3. The minimum atomic E-state index is -0.00831. The van der Waals surface area contributed by atoms with E-state index in [1.807, 2.05) is 12.1 Å². The van der Waals surface area contributed by atoms with Crippen molar-refractivity contribution in [1.29, 1.82) is 0 Å². The second-order valence-electron chi connectivity index (χ2n) is 7.73. The topological polar surface area (TPSA) is 30.2 Å². The summed E-state index contributed by atoms with van der Waals surface area (Å²) in [5.41, 5.74) is 0.439. The zero-order chi connectivity index (χ0) is 13.1. The third kappa shape index (κ3) is 1.79. The largest absolute Gasteiger partial charge is 0.469 e. The van der Waals surface area contributed by atoms with Crippen LogP contribution in [0.1, 0.15) is 51.2 Å². The minimum absolute atomic E-state index is 0.00831. The van der Waals surface area contributed by atoms with E-state index in [-0.39, 0.29) is 5.41 Å². The molecule has 5 rings (SSSR count). The third-order valence-corrected chi connectivity index (χ3v) is 5.86. The maximum absolute atomic E-state index is 12.8. The molecule has 0 aliphatic heterocycles. The summed E-state index contributed by atoms with van der Waals surface area (Å²) in [6, 6.07) is 3.81. The predicted octanol–water partition coefficient (Wildman–Crippen LogP) is 4.00. The zero-order valence-electron chi connectivity index (χ0n) is 11.7. The van der Waals surface area contributed by atoms with Gasteiger partial charge in [0.05, 0.1) is 12.7 Å². The highest BCUT2D eigenvalue weighted by Crippen LogP contribution is 2.65. The van der Waals surface area contributed by atoms with E-state index in [1.54, 1.807) is 6.26 Å². The Labute approximate surface area is 114 Å². The molecule has 1 heterocycles. The summed E-state index contributed by atoms with van der Waals surface area (Å²) in [4.78, 5) is 12.8. The van der Waals surface area contributed by atoms with Gasteiger partial charge in [-0.25, -0.2) is 0 Å². The van der Waals surface area contributed by atoms with Gasteiger partial charge in [0.2, 0.25) is 0 Å². The molecule has 2 atom stereocenters. The van der Waals surface area contributed by atoms with E-state index in [2.05, 4.69) is 6.92 Å². The van der Waals surface area contributed by atoms with Gasteiger partial charge in [-0.05, 0) is 67.9 Å². The number of rotatable bonds is 3. The highest BCUT2D eigenvalue weighted by molar-refractivity contribution is 5.87. The van der Waals surface area contributed by atoms with E-state index in [9.17, 15) is 4.79 Å². The smallest absolute Gasteiger partial charge is 0.146 e. The number of hydrogen-bond donors (Lipinski definition) is 0. The van der Waals surface area contributed by atoms with Crippen LogP contribution in [-0.4, -0.2) is 5.78 Å². The minimum Gasteiger partial charge on any atom is -0.469 e. The van der Waals surface area contributed by atoms with Crippen molar-refractivity contribution >= 4 is 5.78 Å². The zero-order valence-corrected chi connectivity index (χ0v) is 11.7. The van der Waals surface area contributed by atoms with E-state index in [4.69, 9.17) is 4.42 Å². The predicted molar refractivity (Wildman–Crippen MR) is 72.6 cm³/mol. The Morgan fingerprint density at radius 1 is 1.32 bits per heavy atom. The summed E-state index contributed by atoms with van der Waals surface area (Å²) >= 11 is 0. The summed E-state index contributed by atoms with van der Waals surface area (Å²) in [5.74, 6) is 2.91. The number of furan rings is 1. The van der Waals surface area contributed by atoms with Crippen molar-refractivity contribution in [3.63, 3.8) is 0 Å². The van der Waals surface area contributed by atoms with Crippen LogP contribution in [0.2, 0.25) is 0 Å². The van der Waals surface area contributed by atoms with Gasteiger partial charge < -0.3 is 4.42 Å². The monoisotopic (exact) mass is 258 g/mol. The lowest BCUT2D eigenvalue weighted by atomic mass is 9.43. The van der Waals surface area contributed by atoms with Gasteiger partial charge in [-0.1, -0.05) is 6.92 Å². The Hall–Kier alpha value is -1.05. The van der Waals surface area contributed by atoms with Crippen LogP contribution in [0.25, 0.3) is 0 Å². The first-order chi connectivity index (χ1) is 9.07. The lowest BCUT2D eigenvalue weighted by molar-refractivity contribution is -0.152. The molecule has 4 aliphatic rings.